The lowest BCUT2D eigenvalue weighted by atomic mass is 9.83. The lowest BCUT2D eigenvalue weighted by Crippen LogP contribution is -2.39. The predicted molar refractivity (Wildman–Crippen MR) is 166 cm³/mol. The van der Waals surface area contributed by atoms with Crippen LogP contribution in [-0.4, -0.2) is 31.2 Å². The van der Waals surface area contributed by atoms with Gasteiger partial charge in [-0.05, 0) is 86.9 Å². The van der Waals surface area contributed by atoms with Gasteiger partial charge in [0, 0.05) is 18.7 Å². The number of rotatable bonds is 13. The minimum absolute atomic E-state index is 0.0414. The van der Waals surface area contributed by atoms with E-state index in [2.05, 4.69) is 11.0 Å². The van der Waals surface area contributed by atoms with Gasteiger partial charge < -0.3 is 5.32 Å². The minimum atomic E-state index is -3.61. The number of carbonyl (C=O) groups excluding carboxylic acids is 1. The Bertz CT molecular complexity index is 1390. The van der Waals surface area contributed by atoms with Gasteiger partial charge in [0.05, 0.1) is 10.9 Å². The first-order valence-corrected chi connectivity index (χ1v) is 16.3. The van der Waals surface area contributed by atoms with E-state index >= 15 is 0 Å². The normalized spacial score (nSPS) is 14.7. The second kappa shape index (κ2) is 15.5. The van der Waals surface area contributed by atoms with Crippen LogP contribution in [0.1, 0.15) is 72.9 Å². The maximum atomic E-state index is 13.5. The highest BCUT2D eigenvalue weighted by molar-refractivity contribution is 7.89. The molecule has 0 radical (unpaired) electrons. The standard InChI is InChI=1S/C35H42N2O3S/c1-29-23-25-33(26-24-29)41(39,40)37(28-30-16-8-5-9-17-30)27-15-4-2-3-14-22-34(31-18-10-6-11-19-31)36-35(38)32-20-12-7-13-21-32/h3,5,7-9,12-13,16-17,20-26,31,34H,2,4,6,10-11,15,18-19,27-28H2,1H3,(H,36,38)/t14?,34-/m0/s1. The van der Waals surface area contributed by atoms with E-state index in [9.17, 15) is 13.2 Å². The number of carbonyl (C=O) groups is 1. The van der Waals surface area contributed by atoms with E-state index in [1.165, 1.54) is 19.3 Å². The summed E-state index contributed by atoms with van der Waals surface area (Å²) in [6.07, 6.45) is 12.3. The van der Waals surface area contributed by atoms with Crippen LogP contribution in [0.25, 0.3) is 0 Å². The Labute approximate surface area is 246 Å². The highest BCUT2D eigenvalue weighted by atomic mass is 32.2. The van der Waals surface area contributed by atoms with Crippen molar-refractivity contribution in [3.05, 3.63) is 120 Å². The Morgan fingerprint density at radius 2 is 1.59 bits per heavy atom. The van der Waals surface area contributed by atoms with Crippen LogP contribution in [0.5, 0.6) is 0 Å². The number of benzene rings is 3. The second-order valence-corrected chi connectivity index (χ2v) is 12.9. The average molecular weight is 571 g/mol. The molecule has 41 heavy (non-hydrogen) atoms. The Morgan fingerprint density at radius 1 is 0.927 bits per heavy atom. The number of amides is 1. The van der Waals surface area contributed by atoms with Crippen molar-refractivity contribution in [1.82, 2.24) is 9.62 Å². The van der Waals surface area contributed by atoms with Crippen LogP contribution in [0, 0.1) is 12.8 Å². The molecular weight excluding hydrogens is 528 g/mol. The largest absolute Gasteiger partial charge is 0.345 e. The zero-order chi connectivity index (χ0) is 28.9. The van der Waals surface area contributed by atoms with Crippen LogP contribution in [0.4, 0.5) is 0 Å². The summed E-state index contributed by atoms with van der Waals surface area (Å²) in [6, 6.07) is 26.1. The molecule has 0 saturated heterocycles. The van der Waals surface area contributed by atoms with Gasteiger partial charge in [-0.15, -0.1) is 5.73 Å². The summed E-state index contributed by atoms with van der Waals surface area (Å²) in [6.45, 7) is 2.74. The lowest BCUT2D eigenvalue weighted by molar-refractivity contribution is 0.0927. The molecule has 1 amide bonds. The van der Waals surface area contributed by atoms with Crippen LogP contribution in [0.2, 0.25) is 0 Å². The number of hydrogen-bond acceptors (Lipinski definition) is 3. The van der Waals surface area contributed by atoms with Crippen LogP contribution < -0.4 is 5.32 Å². The second-order valence-electron chi connectivity index (χ2n) is 10.9. The number of unbranched alkanes of at least 4 members (excludes halogenated alkanes) is 2. The maximum absolute atomic E-state index is 13.5. The Balaban J connectivity index is 1.36. The summed E-state index contributed by atoms with van der Waals surface area (Å²) < 4.78 is 28.6. The molecule has 4 rings (SSSR count). The predicted octanol–water partition coefficient (Wildman–Crippen LogP) is 7.45. The first-order chi connectivity index (χ1) is 19.9. The number of sulfonamides is 1. The van der Waals surface area contributed by atoms with Crippen molar-refractivity contribution in [3.63, 3.8) is 0 Å². The molecular formula is C35H42N2O3S. The summed E-state index contributed by atoms with van der Waals surface area (Å²) in [5.74, 6) is 0.378. The summed E-state index contributed by atoms with van der Waals surface area (Å²) in [4.78, 5) is 13.2. The fourth-order valence-corrected chi connectivity index (χ4v) is 6.80. The van der Waals surface area contributed by atoms with E-state index in [4.69, 9.17) is 0 Å². The summed E-state index contributed by atoms with van der Waals surface area (Å²) in [7, 11) is -3.61. The van der Waals surface area contributed by atoms with Crippen molar-refractivity contribution in [2.45, 2.75) is 75.8 Å². The van der Waals surface area contributed by atoms with E-state index in [0.717, 1.165) is 43.2 Å². The van der Waals surface area contributed by atoms with Gasteiger partial charge in [-0.25, -0.2) is 8.42 Å². The first-order valence-electron chi connectivity index (χ1n) is 14.8. The average Bonchev–Trinajstić information content (AvgIpc) is 3.01. The molecule has 1 fully saturated rings. The maximum Gasteiger partial charge on any atom is 0.251 e. The molecule has 0 spiro atoms. The van der Waals surface area contributed by atoms with Gasteiger partial charge in [0.15, 0.2) is 0 Å². The van der Waals surface area contributed by atoms with Gasteiger partial charge in [0.1, 0.15) is 0 Å². The molecule has 1 saturated carbocycles. The lowest BCUT2D eigenvalue weighted by Gasteiger charge is -2.28. The molecule has 1 aliphatic carbocycles. The molecule has 0 aromatic heterocycles. The number of nitrogens with one attached hydrogen (secondary N) is 1. The highest BCUT2D eigenvalue weighted by Gasteiger charge is 2.25. The smallest absolute Gasteiger partial charge is 0.251 e. The van der Waals surface area contributed by atoms with Gasteiger partial charge in [-0.3, -0.25) is 4.79 Å². The molecule has 0 heterocycles. The fraction of sp³-hybridized carbons (Fsp3) is 0.371. The van der Waals surface area contributed by atoms with Crippen molar-refractivity contribution in [3.8, 4) is 0 Å². The molecule has 5 nitrogen and oxygen atoms in total. The van der Waals surface area contributed by atoms with Crippen LogP contribution in [-0.2, 0) is 16.6 Å². The van der Waals surface area contributed by atoms with E-state index < -0.39 is 10.0 Å². The van der Waals surface area contributed by atoms with Crippen molar-refractivity contribution < 1.29 is 13.2 Å². The molecule has 3 aromatic rings. The quantitative estimate of drug-likeness (QED) is 0.171. The van der Waals surface area contributed by atoms with Crippen molar-refractivity contribution >= 4 is 15.9 Å². The number of aryl methyl sites for hydroxylation is 1. The minimum Gasteiger partial charge on any atom is -0.345 e. The fourth-order valence-electron chi connectivity index (χ4n) is 5.33. The van der Waals surface area contributed by atoms with Crippen LogP contribution >= 0.6 is 0 Å². The summed E-state index contributed by atoms with van der Waals surface area (Å²) >= 11 is 0. The highest BCUT2D eigenvalue weighted by Crippen LogP contribution is 2.27. The van der Waals surface area contributed by atoms with E-state index in [-0.39, 0.29) is 11.9 Å². The molecule has 1 N–H and O–H groups in total. The molecule has 0 aliphatic heterocycles. The third-order valence-corrected chi connectivity index (χ3v) is 9.61. The first kappa shape index (κ1) is 30.5. The molecule has 0 unspecified atom stereocenters. The van der Waals surface area contributed by atoms with E-state index in [0.29, 0.717) is 29.5 Å². The summed E-state index contributed by atoms with van der Waals surface area (Å²) in [5, 5.41) is 3.23. The van der Waals surface area contributed by atoms with Crippen molar-refractivity contribution in [2.75, 3.05) is 6.54 Å². The topological polar surface area (TPSA) is 66.5 Å². The van der Waals surface area contributed by atoms with Gasteiger partial charge in [-0.2, -0.15) is 4.31 Å². The SMILES string of the molecule is Cc1ccc(S(=O)(=O)N(CCCCC=C=C[C@H](NC(=O)c2ccccc2)C2CCCCC2)Cc2ccccc2)cc1. The molecule has 1 atom stereocenters. The van der Waals surface area contributed by atoms with Gasteiger partial charge in [-0.1, -0.05) is 85.5 Å². The number of hydrogen-bond donors (Lipinski definition) is 1. The molecule has 1 aliphatic rings. The third-order valence-electron chi connectivity index (χ3n) is 7.75. The zero-order valence-corrected chi connectivity index (χ0v) is 24.9. The molecule has 6 heteroatoms. The van der Waals surface area contributed by atoms with E-state index in [1.54, 1.807) is 16.4 Å². The molecule has 0 bridgehead atoms. The Kier molecular flexibility index (Phi) is 11.6. The van der Waals surface area contributed by atoms with Crippen LogP contribution in [0.15, 0.2) is 108 Å². The van der Waals surface area contributed by atoms with Gasteiger partial charge >= 0.3 is 0 Å². The third kappa shape index (κ3) is 9.29. The van der Waals surface area contributed by atoms with Crippen molar-refractivity contribution in [1.29, 1.82) is 0 Å². The number of nitrogens with zero attached hydrogens (tertiary/aromatic N) is 1. The van der Waals surface area contributed by atoms with E-state index in [1.807, 2.05) is 91.9 Å². The monoisotopic (exact) mass is 570 g/mol. The van der Waals surface area contributed by atoms with Crippen LogP contribution in [0.3, 0.4) is 0 Å². The molecule has 216 valence electrons. The van der Waals surface area contributed by atoms with Gasteiger partial charge in [0.2, 0.25) is 10.0 Å². The Morgan fingerprint density at radius 3 is 2.27 bits per heavy atom. The molecule has 3 aromatic carbocycles. The van der Waals surface area contributed by atoms with Crippen molar-refractivity contribution in [2.24, 2.45) is 5.92 Å². The Hall–Kier alpha value is -3.44. The van der Waals surface area contributed by atoms with Gasteiger partial charge in [0.25, 0.3) is 5.91 Å². The summed E-state index contributed by atoms with van der Waals surface area (Å²) in [5.41, 5.74) is 6.01. The zero-order valence-electron chi connectivity index (χ0n) is 24.0.